The van der Waals surface area contributed by atoms with Crippen LogP contribution in [-0.2, 0) is 9.53 Å². The number of ether oxygens (including phenoxy) is 1. The van der Waals surface area contributed by atoms with Crippen LogP contribution in [0.3, 0.4) is 0 Å². The van der Waals surface area contributed by atoms with E-state index in [1.165, 1.54) is 0 Å². The summed E-state index contributed by atoms with van der Waals surface area (Å²) >= 11 is 0. The van der Waals surface area contributed by atoms with Gasteiger partial charge in [0.25, 0.3) is 5.91 Å². The minimum atomic E-state index is -0.664. The van der Waals surface area contributed by atoms with Crippen LogP contribution in [0.4, 0.5) is 10.6 Å². The van der Waals surface area contributed by atoms with Crippen molar-refractivity contribution >= 4 is 17.8 Å². The summed E-state index contributed by atoms with van der Waals surface area (Å²) in [5.41, 5.74) is 7.23. The Labute approximate surface area is 158 Å². The Hall–Kier alpha value is -3.09. The van der Waals surface area contributed by atoms with E-state index in [9.17, 15) is 9.59 Å². The summed E-state index contributed by atoms with van der Waals surface area (Å²) in [7, 11) is 0. The summed E-state index contributed by atoms with van der Waals surface area (Å²) in [5, 5.41) is 2.70. The monoisotopic (exact) mass is 368 g/mol. The SMILES string of the molecule is NC(=O)COC(=O)NCC1CCN(c2ncccc2-c2ccccc2)CC1. The number of nitrogens with two attached hydrogens (primary N) is 1. The number of rotatable bonds is 6. The summed E-state index contributed by atoms with van der Waals surface area (Å²) in [6.07, 6.45) is 3.11. The van der Waals surface area contributed by atoms with Crippen molar-refractivity contribution < 1.29 is 14.3 Å². The molecule has 0 unspecified atom stereocenters. The van der Waals surface area contributed by atoms with Crippen molar-refractivity contribution in [1.29, 1.82) is 0 Å². The normalized spacial score (nSPS) is 14.6. The zero-order valence-electron chi connectivity index (χ0n) is 15.1. The maximum absolute atomic E-state index is 11.5. The highest BCUT2D eigenvalue weighted by Crippen LogP contribution is 2.31. The number of alkyl carbamates (subject to hydrolysis) is 1. The molecule has 0 atom stereocenters. The molecule has 27 heavy (non-hydrogen) atoms. The van der Waals surface area contributed by atoms with E-state index in [-0.39, 0.29) is 0 Å². The Balaban J connectivity index is 1.54. The average molecular weight is 368 g/mol. The van der Waals surface area contributed by atoms with E-state index in [0.29, 0.717) is 12.5 Å². The number of anilines is 1. The van der Waals surface area contributed by atoms with Gasteiger partial charge in [0.05, 0.1) is 0 Å². The summed E-state index contributed by atoms with van der Waals surface area (Å²) in [6, 6.07) is 14.3. The topological polar surface area (TPSA) is 97.6 Å². The molecule has 0 radical (unpaired) electrons. The lowest BCUT2D eigenvalue weighted by Crippen LogP contribution is -2.39. The number of benzene rings is 1. The lowest BCUT2D eigenvalue weighted by atomic mass is 9.96. The van der Waals surface area contributed by atoms with Crippen LogP contribution in [0.5, 0.6) is 0 Å². The van der Waals surface area contributed by atoms with E-state index >= 15 is 0 Å². The third-order valence-corrected chi connectivity index (χ3v) is 4.67. The second-order valence-corrected chi connectivity index (χ2v) is 6.59. The fourth-order valence-electron chi connectivity index (χ4n) is 3.26. The number of hydrogen-bond acceptors (Lipinski definition) is 5. The molecule has 1 aromatic carbocycles. The van der Waals surface area contributed by atoms with Gasteiger partial charge in [-0.05, 0) is 36.5 Å². The second-order valence-electron chi connectivity index (χ2n) is 6.59. The number of carbonyl (C=O) groups is 2. The highest BCUT2D eigenvalue weighted by Gasteiger charge is 2.22. The zero-order chi connectivity index (χ0) is 19.1. The number of aromatic nitrogens is 1. The standard InChI is InChI=1S/C20H24N4O3/c21-18(25)14-27-20(26)23-13-15-8-11-24(12-9-15)19-17(7-4-10-22-19)16-5-2-1-3-6-16/h1-7,10,15H,8-9,11-14H2,(H2,21,25)(H,23,26). The van der Waals surface area contributed by atoms with Crippen LogP contribution >= 0.6 is 0 Å². The van der Waals surface area contributed by atoms with Crippen LogP contribution in [-0.4, -0.2) is 43.2 Å². The van der Waals surface area contributed by atoms with Gasteiger partial charge in [-0.1, -0.05) is 30.3 Å². The highest BCUT2D eigenvalue weighted by molar-refractivity contribution is 5.78. The zero-order valence-corrected chi connectivity index (χ0v) is 15.1. The van der Waals surface area contributed by atoms with E-state index in [1.54, 1.807) is 0 Å². The first-order valence-electron chi connectivity index (χ1n) is 9.08. The molecule has 0 bridgehead atoms. The first kappa shape index (κ1) is 18.7. The first-order valence-corrected chi connectivity index (χ1v) is 9.08. The Bertz CT molecular complexity index is 774. The van der Waals surface area contributed by atoms with Gasteiger partial charge in [0, 0.05) is 31.4 Å². The molecule has 3 rings (SSSR count). The quantitative estimate of drug-likeness (QED) is 0.814. The minimum absolute atomic E-state index is 0.367. The van der Waals surface area contributed by atoms with Crippen LogP contribution < -0.4 is 16.0 Å². The molecule has 1 saturated heterocycles. The fourth-order valence-corrected chi connectivity index (χ4v) is 3.26. The van der Waals surface area contributed by atoms with Crippen molar-refractivity contribution in [2.45, 2.75) is 12.8 Å². The molecule has 142 valence electrons. The third kappa shape index (κ3) is 5.20. The number of hydrogen-bond donors (Lipinski definition) is 2. The number of pyridine rings is 1. The molecule has 1 aromatic heterocycles. The Kier molecular flexibility index (Phi) is 6.25. The van der Waals surface area contributed by atoms with Gasteiger partial charge in [-0.3, -0.25) is 4.79 Å². The highest BCUT2D eigenvalue weighted by atomic mass is 16.6. The van der Waals surface area contributed by atoms with Crippen LogP contribution in [0.1, 0.15) is 12.8 Å². The smallest absolute Gasteiger partial charge is 0.407 e. The molecule has 0 aliphatic carbocycles. The summed E-state index contributed by atoms with van der Waals surface area (Å²) in [6.45, 7) is 1.88. The maximum Gasteiger partial charge on any atom is 0.407 e. The van der Waals surface area contributed by atoms with Gasteiger partial charge in [0.2, 0.25) is 0 Å². The Morgan fingerprint density at radius 1 is 1.15 bits per heavy atom. The molecule has 0 spiro atoms. The largest absolute Gasteiger partial charge is 0.439 e. The number of amides is 2. The number of nitrogens with zero attached hydrogens (tertiary/aromatic N) is 2. The molecule has 7 heteroatoms. The molecule has 7 nitrogen and oxygen atoms in total. The van der Waals surface area contributed by atoms with Crippen LogP contribution in [0.15, 0.2) is 48.7 Å². The minimum Gasteiger partial charge on any atom is -0.439 e. The van der Waals surface area contributed by atoms with Crippen LogP contribution in [0, 0.1) is 5.92 Å². The van der Waals surface area contributed by atoms with E-state index in [1.807, 2.05) is 30.5 Å². The predicted octanol–water partition coefficient (Wildman–Crippen LogP) is 2.18. The summed E-state index contributed by atoms with van der Waals surface area (Å²) in [5.74, 6) is 0.699. The third-order valence-electron chi connectivity index (χ3n) is 4.67. The second kappa shape index (κ2) is 9.02. The molecule has 1 fully saturated rings. The van der Waals surface area contributed by atoms with Crippen molar-refractivity contribution in [1.82, 2.24) is 10.3 Å². The Morgan fingerprint density at radius 3 is 2.59 bits per heavy atom. The summed E-state index contributed by atoms with van der Waals surface area (Å²) in [4.78, 5) is 29.0. The number of carbonyl (C=O) groups excluding carboxylic acids is 2. The van der Waals surface area contributed by atoms with Gasteiger partial charge in [0.1, 0.15) is 5.82 Å². The van der Waals surface area contributed by atoms with Gasteiger partial charge in [-0.15, -0.1) is 0 Å². The lowest BCUT2D eigenvalue weighted by molar-refractivity contribution is -0.120. The van der Waals surface area contributed by atoms with Crippen molar-refractivity contribution in [2.24, 2.45) is 11.7 Å². The molecule has 1 aliphatic heterocycles. The van der Waals surface area contributed by atoms with Gasteiger partial charge < -0.3 is 20.7 Å². The predicted molar refractivity (Wildman–Crippen MR) is 103 cm³/mol. The van der Waals surface area contributed by atoms with Gasteiger partial charge in [-0.2, -0.15) is 0 Å². The van der Waals surface area contributed by atoms with Crippen LogP contribution in [0.2, 0.25) is 0 Å². The molecule has 2 heterocycles. The van der Waals surface area contributed by atoms with Gasteiger partial charge in [0.15, 0.2) is 6.61 Å². The molecule has 1 aliphatic rings. The fraction of sp³-hybridized carbons (Fsp3) is 0.350. The van der Waals surface area contributed by atoms with Gasteiger partial charge >= 0.3 is 6.09 Å². The van der Waals surface area contributed by atoms with Crippen molar-refractivity contribution in [3.8, 4) is 11.1 Å². The average Bonchev–Trinajstić information content (AvgIpc) is 2.72. The number of piperidine rings is 1. The lowest BCUT2D eigenvalue weighted by Gasteiger charge is -2.33. The van der Waals surface area contributed by atoms with E-state index < -0.39 is 18.6 Å². The van der Waals surface area contributed by atoms with Gasteiger partial charge in [-0.25, -0.2) is 9.78 Å². The molecular weight excluding hydrogens is 344 g/mol. The first-order chi connectivity index (χ1) is 13.1. The molecule has 2 amide bonds. The summed E-state index contributed by atoms with van der Waals surface area (Å²) < 4.78 is 4.70. The number of primary amides is 1. The molecule has 2 aromatic rings. The molecule has 0 saturated carbocycles. The number of nitrogens with one attached hydrogen (secondary N) is 1. The maximum atomic E-state index is 11.5. The van der Waals surface area contributed by atoms with E-state index in [2.05, 4.69) is 33.4 Å². The van der Waals surface area contributed by atoms with Crippen molar-refractivity contribution in [3.63, 3.8) is 0 Å². The molecular formula is C20H24N4O3. The van der Waals surface area contributed by atoms with E-state index in [4.69, 9.17) is 10.5 Å². The van der Waals surface area contributed by atoms with Crippen molar-refractivity contribution in [2.75, 3.05) is 31.1 Å². The van der Waals surface area contributed by atoms with Crippen LogP contribution in [0.25, 0.3) is 11.1 Å². The molecule has 3 N–H and O–H groups in total. The Morgan fingerprint density at radius 2 is 1.89 bits per heavy atom. The van der Waals surface area contributed by atoms with Crippen molar-refractivity contribution in [3.05, 3.63) is 48.7 Å². The van der Waals surface area contributed by atoms with E-state index in [0.717, 1.165) is 42.9 Å².